The molecule has 0 amide bonds. The summed E-state index contributed by atoms with van der Waals surface area (Å²) in [6.07, 6.45) is 3.43. The van der Waals surface area contributed by atoms with E-state index in [9.17, 15) is 5.11 Å². The van der Waals surface area contributed by atoms with Gasteiger partial charge >= 0.3 is 0 Å². The normalized spacial score (nSPS) is 11.1. The van der Waals surface area contributed by atoms with Crippen LogP contribution < -0.4 is 4.74 Å². The number of nitrogens with zero attached hydrogens (tertiary/aromatic N) is 2. The number of phenols is 1. The number of methoxy groups -OCH3 is 1. The van der Waals surface area contributed by atoms with Crippen LogP contribution in [0, 0.1) is 0 Å². The van der Waals surface area contributed by atoms with Gasteiger partial charge < -0.3 is 9.84 Å². The van der Waals surface area contributed by atoms with Crippen molar-refractivity contribution >= 4 is 22.8 Å². The Balaban J connectivity index is 1.97. The van der Waals surface area contributed by atoms with Crippen molar-refractivity contribution in [2.75, 3.05) is 7.11 Å². The number of fused-ring (bicyclic) bond motifs is 1. The van der Waals surface area contributed by atoms with Crippen LogP contribution in [0.1, 0.15) is 5.56 Å². The number of aromatic hydroxyl groups is 1. The van der Waals surface area contributed by atoms with Crippen molar-refractivity contribution in [3.63, 3.8) is 0 Å². The summed E-state index contributed by atoms with van der Waals surface area (Å²) in [5, 5.41) is 10.6. The Labute approximate surface area is 122 Å². The molecule has 0 fully saturated rings. The molecule has 0 saturated carbocycles. The van der Waals surface area contributed by atoms with Crippen molar-refractivity contribution in [2.24, 2.45) is 4.99 Å². The Bertz CT molecular complexity index is 795. The van der Waals surface area contributed by atoms with E-state index in [4.69, 9.17) is 4.74 Å². The third kappa shape index (κ3) is 2.69. The number of rotatable bonds is 3. The van der Waals surface area contributed by atoms with E-state index >= 15 is 0 Å². The highest BCUT2D eigenvalue weighted by Gasteiger charge is 2.04. The second-order valence-corrected chi connectivity index (χ2v) is 4.53. The Kier molecular flexibility index (Phi) is 3.51. The quantitative estimate of drug-likeness (QED) is 0.743. The maximum atomic E-state index is 9.81. The largest absolute Gasteiger partial charge is 0.506 e. The number of aliphatic imine (C=N–C) groups is 1. The molecule has 104 valence electrons. The molecule has 0 atom stereocenters. The van der Waals surface area contributed by atoms with Gasteiger partial charge in [0, 0.05) is 17.8 Å². The molecular weight excluding hydrogens is 264 g/mol. The number of benzene rings is 2. The SMILES string of the molecule is COc1ccc(C=Nc2ccc(O)c3ncccc23)cc1. The summed E-state index contributed by atoms with van der Waals surface area (Å²) in [5.74, 6) is 0.973. The highest BCUT2D eigenvalue weighted by Crippen LogP contribution is 2.30. The first kappa shape index (κ1) is 13.1. The van der Waals surface area contributed by atoms with Gasteiger partial charge in [0.25, 0.3) is 0 Å². The minimum absolute atomic E-state index is 0.161. The van der Waals surface area contributed by atoms with Crippen LogP contribution in [-0.2, 0) is 0 Å². The third-order valence-corrected chi connectivity index (χ3v) is 3.19. The molecule has 21 heavy (non-hydrogen) atoms. The third-order valence-electron chi connectivity index (χ3n) is 3.19. The standard InChI is InChI=1S/C17H14N2O2/c1-21-13-6-4-12(5-7-13)11-19-15-8-9-16(20)17-14(15)3-2-10-18-17/h2-11,20H,1H3. The van der Waals surface area contributed by atoms with Gasteiger partial charge in [-0.2, -0.15) is 0 Å². The van der Waals surface area contributed by atoms with E-state index in [0.717, 1.165) is 22.4 Å². The van der Waals surface area contributed by atoms with Crippen molar-refractivity contribution < 1.29 is 9.84 Å². The number of aromatic nitrogens is 1. The first-order chi connectivity index (χ1) is 10.3. The molecule has 0 radical (unpaired) electrons. The maximum Gasteiger partial charge on any atom is 0.141 e. The van der Waals surface area contributed by atoms with E-state index in [-0.39, 0.29) is 5.75 Å². The molecule has 1 N–H and O–H groups in total. The molecule has 0 aliphatic carbocycles. The fourth-order valence-electron chi connectivity index (χ4n) is 2.09. The van der Waals surface area contributed by atoms with Crippen LogP contribution in [-0.4, -0.2) is 23.4 Å². The zero-order valence-electron chi connectivity index (χ0n) is 11.5. The molecule has 0 saturated heterocycles. The smallest absolute Gasteiger partial charge is 0.141 e. The molecule has 1 aromatic heterocycles. The van der Waals surface area contributed by atoms with Gasteiger partial charge in [0.15, 0.2) is 0 Å². The van der Waals surface area contributed by atoms with Crippen molar-refractivity contribution in [3.8, 4) is 11.5 Å². The van der Waals surface area contributed by atoms with Gasteiger partial charge in [-0.1, -0.05) is 0 Å². The first-order valence-electron chi connectivity index (χ1n) is 6.53. The van der Waals surface area contributed by atoms with Crippen LogP contribution in [0.25, 0.3) is 10.9 Å². The van der Waals surface area contributed by atoms with E-state index < -0.39 is 0 Å². The molecule has 2 aromatic carbocycles. The Morgan fingerprint density at radius 2 is 1.90 bits per heavy atom. The highest BCUT2D eigenvalue weighted by molar-refractivity contribution is 5.96. The van der Waals surface area contributed by atoms with Gasteiger partial charge in [-0.05, 0) is 54.1 Å². The Hall–Kier alpha value is -2.88. The van der Waals surface area contributed by atoms with Crippen LogP contribution >= 0.6 is 0 Å². The second-order valence-electron chi connectivity index (χ2n) is 4.53. The topological polar surface area (TPSA) is 54.7 Å². The summed E-state index contributed by atoms with van der Waals surface area (Å²) in [4.78, 5) is 8.66. The minimum atomic E-state index is 0.161. The summed E-state index contributed by atoms with van der Waals surface area (Å²) < 4.78 is 5.12. The number of hydrogen-bond donors (Lipinski definition) is 1. The molecule has 1 heterocycles. The molecule has 0 bridgehead atoms. The first-order valence-corrected chi connectivity index (χ1v) is 6.53. The molecule has 0 aliphatic heterocycles. The van der Waals surface area contributed by atoms with Crippen LogP contribution in [0.3, 0.4) is 0 Å². The predicted octanol–water partition coefficient (Wildman–Crippen LogP) is 3.70. The Morgan fingerprint density at radius 1 is 1.10 bits per heavy atom. The zero-order chi connectivity index (χ0) is 14.7. The fourth-order valence-corrected chi connectivity index (χ4v) is 2.09. The van der Waals surface area contributed by atoms with Gasteiger partial charge in [0.2, 0.25) is 0 Å². The van der Waals surface area contributed by atoms with E-state index in [0.29, 0.717) is 5.52 Å². The monoisotopic (exact) mass is 278 g/mol. The van der Waals surface area contributed by atoms with Gasteiger partial charge in [-0.25, -0.2) is 0 Å². The Morgan fingerprint density at radius 3 is 2.67 bits per heavy atom. The van der Waals surface area contributed by atoms with Crippen LogP contribution in [0.4, 0.5) is 5.69 Å². The van der Waals surface area contributed by atoms with Crippen LogP contribution in [0.15, 0.2) is 59.7 Å². The van der Waals surface area contributed by atoms with Crippen molar-refractivity contribution in [1.29, 1.82) is 0 Å². The van der Waals surface area contributed by atoms with E-state index in [1.165, 1.54) is 0 Å². The summed E-state index contributed by atoms with van der Waals surface area (Å²) in [6, 6.07) is 14.7. The highest BCUT2D eigenvalue weighted by atomic mass is 16.5. The number of hydrogen-bond acceptors (Lipinski definition) is 4. The van der Waals surface area contributed by atoms with E-state index in [1.807, 2.05) is 36.4 Å². The zero-order valence-corrected chi connectivity index (χ0v) is 11.5. The lowest BCUT2D eigenvalue weighted by atomic mass is 10.1. The van der Waals surface area contributed by atoms with Gasteiger partial charge in [0.05, 0.1) is 12.8 Å². The number of ether oxygens (including phenoxy) is 1. The average molecular weight is 278 g/mol. The van der Waals surface area contributed by atoms with Crippen molar-refractivity contribution in [1.82, 2.24) is 4.98 Å². The molecule has 0 aliphatic rings. The van der Waals surface area contributed by atoms with Crippen LogP contribution in [0.2, 0.25) is 0 Å². The average Bonchev–Trinajstić information content (AvgIpc) is 2.55. The predicted molar refractivity (Wildman–Crippen MR) is 83.7 cm³/mol. The molecule has 0 unspecified atom stereocenters. The van der Waals surface area contributed by atoms with Crippen molar-refractivity contribution in [2.45, 2.75) is 0 Å². The molecular formula is C17H14N2O2. The molecule has 3 rings (SSSR count). The van der Waals surface area contributed by atoms with Gasteiger partial charge in [0.1, 0.15) is 17.0 Å². The molecule has 4 nitrogen and oxygen atoms in total. The summed E-state index contributed by atoms with van der Waals surface area (Å²) in [5.41, 5.74) is 2.30. The number of pyridine rings is 1. The number of phenolic OH excluding ortho intramolecular Hbond substituents is 1. The maximum absolute atomic E-state index is 9.81. The molecule has 3 aromatic rings. The summed E-state index contributed by atoms with van der Waals surface area (Å²) >= 11 is 0. The lowest BCUT2D eigenvalue weighted by Gasteiger charge is -2.03. The second kappa shape index (κ2) is 5.63. The summed E-state index contributed by atoms with van der Waals surface area (Å²) in [7, 11) is 1.64. The lowest BCUT2D eigenvalue weighted by Crippen LogP contribution is -1.85. The lowest BCUT2D eigenvalue weighted by molar-refractivity contribution is 0.415. The van der Waals surface area contributed by atoms with Crippen molar-refractivity contribution in [3.05, 3.63) is 60.3 Å². The summed E-state index contributed by atoms with van der Waals surface area (Å²) in [6.45, 7) is 0. The van der Waals surface area contributed by atoms with E-state index in [1.54, 1.807) is 31.7 Å². The van der Waals surface area contributed by atoms with Gasteiger partial charge in [-0.3, -0.25) is 9.98 Å². The van der Waals surface area contributed by atoms with E-state index in [2.05, 4.69) is 9.98 Å². The molecule has 0 spiro atoms. The molecule has 4 heteroatoms. The van der Waals surface area contributed by atoms with Gasteiger partial charge in [-0.15, -0.1) is 0 Å². The van der Waals surface area contributed by atoms with Crippen LogP contribution in [0.5, 0.6) is 11.5 Å². The fraction of sp³-hybridized carbons (Fsp3) is 0.0588. The minimum Gasteiger partial charge on any atom is -0.506 e.